The number of imidazole rings is 1. The van der Waals surface area contributed by atoms with Crippen LogP contribution in [0.15, 0.2) is 6.20 Å². The number of nitrogens with one attached hydrogen (secondary N) is 1. The number of hydrogen-bond acceptors (Lipinski definition) is 7. The number of carbonyl (C=O) groups is 3. The molecule has 1 rings (SSSR count). The number of esters is 2. The van der Waals surface area contributed by atoms with Crippen molar-refractivity contribution in [2.75, 3.05) is 13.2 Å². The summed E-state index contributed by atoms with van der Waals surface area (Å²) in [5.74, 6) is -2.57. The van der Waals surface area contributed by atoms with Crippen molar-refractivity contribution in [1.82, 2.24) is 15.0 Å². The summed E-state index contributed by atoms with van der Waals surface area (Å²) in [6, 6.07) is 0. The quantitative estimate of drug-likeness (QED) is 0.410. The molecule has 0 aliphatic heterocycles. The van der Waals surface area contributed by atoms with Gasteiger partial charge in [0.2, 0.25) is 11.4 Å². The first kappa shape index (κ1) is 18.5. The van der Waals surface area contributed by atoms with Gasteiger partial charge in [0, 0.05) is 6.92 Å². The zero-order chi connectivity index (χ0) is 17.6. The van der Waals surface area contributed by atoms with E-state index in [4.69, 9.17) is 9.47 Å². The summed E-state index contributed by atoms with van der Waals surface area (Å²) in [7, 11) is 0. The lowest BCUT2D eigenvalue weighted by Gasteiger charge is -2.29. The summed E-state index contributed by atoms with van der Waals surface area (Å²) in [5, 5.41) is 12.2. The van der Waals surface area contributed by atoms with Gasteiger partial charge in [0.15, 0.2) is 0 Å². The molecule has 0 saturated heterocycles. The summed E-state index contributed by atoms with van der Waals surface area (Å²) in [5.41, 5.74) is -1.71. The van der Waals surface area contributed by atoms with Crippen LogP contribution in [0.1, 0.15) is 32.3 Å². The number of nitrogens with zero attached hydrogens (tertiary/aromatic N) is 2. The molecular weight excluding hydrogens is 306 g/mol. The fourth-order valence-electron chi connectivity index (χ4n) is 2.02. The maximum absolute atomic E-state index is 12.4. The van der Waals surface area contributed by atoms with Gasteiger partial charge in [-0.05, 0) is 20.8 Å². The fraction of sp³-hybridized carbons (Fsp3) is 0.571. The predicted molar refractivity (Wildman–Crippen MR) is 77.7 cm³/mol. The standard InChI is InChI=1S/C14H21N3O6/c1-5-22-12(19)14(16-10(4)18,13(20)23-6-2)7-11-15-8-9(3)17(11)21/h8,21H,5-7H2,1-4H3,(H,16,18). The van der Waals surface area contributed by atoms with Crippen molar-refractivity contribution in [2.45, 2.75) is 39.7 Å². The van der Waals surface area contributed by atoms with Crippen molar-refractivity contribution in [2.24, 2.45) is 0 Å². The first-order valence-corrected chi connectivity index (χ1v) is 7.14. The molecule has 0 fully saturated rings. The predicted octanol–water partition coefficient (Wildman–Crippen LogP) is -0.0276. The van der Waals surface area contributed by atoms with Crippen LogP contribution in [0.4, 0.5) is 0 Å². The van der Waals surface area contributed by atoms with E-state index in [1.54, 1.807) is 20.8 Å². The molecule has 128 valence electrons. The molecule has 0 bridgehead atoms. The molecule has 0 aliphatic rings. The van der Waals surface area contributed by atoms with Crippen molar-refractivity contribution in [1.29, 1.82) is 0 Å². The number of aryl methyl sites for hydroxylation is 1. The van der Waals surface area contributed by atoms with Gasteiger partial charge in [-0.2, -0.15) is 4.73 Å². The zero-order valence-electron chi connectivity index (χ0n) is 13.6. The second-order valence-electron chi connectivity index (χ2n) is 4.83. The monoisotopic (exact) mass is 327 g/mol. The Balaban J connectivity index is 3.34. The lowest BCUT2D eigenvalue weighted by atomic mass is 9.94. The maximum atomic E-state index is 12.4. The minimum Gasteiger partial charge on any atom is -0.464 e. The number of ether oxygens (including phenoxy) is 2. The van der Waals surface area contributed by atoms with Crippen LogP contribution in [-0.4, -0.2) is 51.5 Å². The van der Waals surface area contributed by atoms with Gasteiger partial charge >= 0.3 is 11.9 Å². The molecule has 9 heteroatoms. The minimum atomic E-state index is -2.11. The van der Waals surface area contributed by atoms with Gasteiger partial charge < -0.3 is 20.0 Å². The smallest absolute Gasteiger partial charge is 0.344 e. The molecule has 1 amide bonds. The third-order valence-corrected chi connectivity index (χ3v) is 3.04. The first-order valence-electron chi connectivity index (χ1n) is 7.14. The molecule has 0 unspecified atom stereocenters. The highest BCUT2D eigenvalue weighted by molar-refractivity contribution is 6.07. The van der Waals surface area contributed by atoms with Crippen molar-refractivity contribution in [3.05, 3.63) is 17.7 Å². The van der Waals surface area contributed by atoms with Crippen molar-refractivity contribution in [3.8, 4) is 0 Å². The number of aromatic nitrogens is 2. The van der Waals surface area contributed by atoms with Crippen molar-refractivity contribution >= 4 is 17.8 Å². The van der Waals surface area contributed by atoms with Gasteiger partial charge in [-0.3, -0.25) is 4.79 Å². The first-order chi connectivity index (χ1) is 10.8. The normalized spacial score (nSPS) is 11.0. The van der Waals surface area contributed by atoms with Crippen LogP contribution in [0.2, 0.25) is 0 Å². The molecule has 0 aliphatic carbocycles. The summed E-state index contributed by atoms with van der Waals surface area (Å²) in [4.78, 5) is 40.2. The Bertz CT molecular complexity index is 577. The highest BCUT2D eigenvalue weighted by atomic mass is 16.6. The molecule has 2 N–H and O–H groups in total. The summed E-state index contributed by atoms with van der Waals surface area (Å²) in [6.07, 6.45) is 0.957. The summed E-state index contributed by atoms with van der Waals surface area (Å²) < 4.78 is 10.6. The molecule has 0 saturated carbocycles. The number of rotatable bonds is 7. The van der Waals surface area contributed by atoms with E-state index in [9.17, 15) is 19.6 Å². The van der Waals surface area contributed by atoms with Gasteiger partial charge in [-0.1, -0.05) is 0 Å². The Hall–Kier alpha value is -2.58. The van der Waals surface area contributed by atoms with Crippen LogP contribution in [0, 0.1) is 6.92 Å². The number of hydrogen-bond donors (Lipinski definition) is 2. The third-order valence-electron chi connectivity index (χ3n) is 3.04. The molecular formula is C14H21N3O6. The third kappa shape index (κ3) is 3.99. The van der Waals surface area contributed by atoms with E-state index in [1.165, 1.54) is 6.20 Å². The zero-order valence-corrected chi connectivity index (χ0v) is 13.6. The van der Waals surface area contributed by atoms with Gasteiger partial charge in [0.05, 0.1) is 31.5 Å². The van der Waals surface area contributed by atoms with Gasteiger partial charge in [-0.15, -0.1) is 0 Å². The molecule has 0 radical (unpaired) electrons. The van der Waals surface area contributed by atoms with Gasteiger partial charge in [0.1, 0.15) is 5.82 Å². The second kappa shape index (κ2) is 7.61. The molecule has 1 heterocycles. The van der Waals surface area contributed by atoms with Crippen LogP contribution >= 0.6 is 0 Å². The van der Waals surface area contributed by atoms with E-state index >= 15 is 0 Å². The van der Waals surface area contributed by atoms with E-state index in [0.717, 1.165) is 11.7 Å². The molecule has 0 atom stereocenters. The van der Waals surface area contributed by atoms with E-state index in [1.807, 2.05) is 0 Å². The van der Waals surface area contributed by atoms with Gasteiger partial charge in [0.25, 0.3) is 0 Å². The van der Waals surface area contributed by atoms with Crippen LogP contribution in [-0.2, 0) is 30.3 Å². The number of carbonyl (C=O) groups excluding carboxylic acids is 3. The Morgan fingerprint density at radius 1 is 1.26 bits per heavy atom. The molecule has 9 nitrogen and oxygen atoms in total. The lowest BCUT2D eigenvalue weighted by Crippen LogP contribution is -2.62. The molecule has 1 aromatic rings. The highest BCUT2D eigenvalue weighted by Gasteiger charge is 2.51. The second-order valence-corrected chi connectivity index (χ2v) is 4.83. The van der Waals surface area contributed by atoms with Gasteiger partial charge in [-0.25, -0.2) is 14.6 Å². The summed E-state index contributed by atoms with van der Waals surface area (Å²) in [6.45, 7) is 5.89. The average Bonchev–Trinajstić information content (AvgIpc) is 2.78. The fourth-order valence-corrected chi connectivity index (χ4v) is 2.02. The van der Waals surface area contributed by atoms with Crippen LogP contribution < -0.4 is 5.32 Å². The molecule has 1 aromatic heterocycles. The largest absolute Gasteiger partial charge is 0.464 e. The van der Waals surface area contributed by atoms with E-state index in [2.05, 4.69) is 10.3 Å². The average molecular weight is 327 g/mol. The Morgan fingerprint density at radius 3 is 2.13 bits per heavy atom. The minimum absolute atomic E-state index is 0.00612. The molecule has 0 aromatic carbocycles. The number of amides is 1. The van der Waals surface area contributed by atoms with E-state index in [0.29, 0.717) is 5.69 Å². The van der Waals surface area contributed by atoms with E-state index < -0.39 is 29.8 Å². The molecule has 0 spiro atoms. The molecule has 23 heavy (non-hydrogen) atoms. The Kier molecular flexibility index (Phi) is 6.11. The lowest BCUT2D eigenvalue weighted by molar-refractivity contribution is -0.168. The maximum Gasteiger partial charge on any atom is 0.344 e. The SMILES string of the molecule is CCOC(=O)C(Cc1ncc(C)n1O)(NC(C)=O)C(=O)OCC. The Morgan fingerprint density at radius 2 is 1.78 bits per heavy atom. The van der Waals surface area contributed by atoms with Crippen LogP contribution in [0.25, 0.3) is 0 Å². The van der Waals surface area contributed by atoms with Crippen LogP contribution in [0.5, 0.6) is 0 Å². The Labute approximate surface area is 133 Å². The summed E-state index contributed by atoms with van der Waals surface area (Å²) >= 11 is 0. The van der Waals surface area contributed by atoms with E-state index in [-0.39, 0.29) is 19.0 Å². The van der Waals surface area contributed by atoms with Crippen molar-refractivity contribution < 1.29 is 29.1 Å². The topological polar surface area (TPSA) is 120 Å². The van der Waals surface area contributed by atoms with Crippen molar-refractivity contribution in [3.63, 3.8) is 0 Å². The van der Waals surface area contributed by atoms with Crippen LogP contribution in [0.3, 0.4) is 0 Å². The highest BCUT2D eigenvalue weighted by Crippen LogP contribution is 2.18.